The van der Waals surface area contributed by atoms with Crippen LogP contribution < -0.4 is 5.32 Å². The summed E-state index contributed by atoms with van der Waals surface area (Å²) in [5.41, 5.74) is 0.814. The Balaban J connectivity index is 2.73. The second-order valence-electron chi connectivity index (χ2n) is 9.85. The molecule has 29 heavy (non-hydrogen) atoms. The Hall–Kier alpha value is -1.87. The van der Waals surface area contributed by atoms with Crippen molar-refractivity contribution >= 4 is 20.4 Å². The molecule has 0 aliphatic heterocycles. The number of carboxylic acid groups (broad SMARTS) is 1. The minimum Gasteiger partial charge on any atom is -0.480 e. The average molecular weight is 428 g/mol. The van der Waals surface area contributed by atoms with Crippen molar-refractivity contribution in [2.75, 3.05) is 6.61 Å². The summed E-state index contributed by atoms with van der Waals surface area (Å²) in [6.07, 6.45) is -0.685. The number of amides is 1. The van der Waals surface area contributed by atoms with E-state index in [4.69, 9.17) is 9.16 Å². The van der Waals surface area contributed by atoms with Gasteiger partial charge in [-0.2, -0.15) is 5.10 Å². The molecule has 1 amide bonds. The van der Waals surface area contributed by atoms with E-state index in [1.165, 1.54) is 0 Å². The number of aliphatic carboxylic acids is 1. The zero-order valence-electron chi connectivity index (χ0n) is 19.3. The number of aromatic nitrogens is 2. The van der Waals surface area contributed by atoms with E-state index < -0.39 is 32.0 Å². The van der Waals surface area contributed by atoms with Crippen LogP contribution in [0.5, 0.6) is 0 Å². The Labute approximate surface area is 175 Å². The van der Waals surface area contributed by atoms with Crippen molar-refractivity contribution in [3.05, 3.63) is 17.5 Å². The fourth-order valence-corrected chi connectivity index (χ4v) is 3.40. The number of carbonyl (C=O) groups excluding carboxylic acids is 1. The van der Waals surface area contributed by atoms with Crippen molar-refractivity contribution < 1.29 is 23.9 Å². The second-order valence-corrected chi connectivity index (χ2v) is 14.7. The summed E-state index contributed by atoms with van der Waals surface area (Å²) in [6, 6.07) is 0.718. The van der Waals surface area contributed by atoms with E-state index in [1.54, 1.807) is 20.8 Å². The van der Waals surface area contributed by atoms with Crippen LogP contribution in [0.2, 0.25) is 18.1 Å². The lowest BCUT2D eigenvalue weighted by molar-refractivity contribution is -0.139. The number of carbonyl (C=O) groups is 2. The Morgan fingerprint density at radius 2 is 1.83 bits per heavy atom. The SMILES string of the molecule is Cc1cc(CC(NC(=O)OC(C)(C)C)C(=O)O)nn1CCO[Si](C)(C)C(C)(C)C. The molecule has 0 fully saturated rings. The topological polar surface area (TPSA) is 103 Å². The van der Waals surface area contributed by atoms with Crippen LogP contribution in [0.4, 0.5) is 4.79 Å². The van der Waals surface area contributed by atoms with Crippen molar-refractivity contribution in [3.63, 3.8) is 0 Å². The summed E-state index contributed by atoms with van der Waals surface area (Å²) in [6.45, 7) is 19.2. The minimum atomic E-state index is -1.83. The van der Waals surface area contributed by atoms with Crippen LogP contribution in [0, 0.1) is 6.92 Å². The van der Waals surface area contributed by atoms with Gasteiger partial charge in [-0.25, -0.2) is 9.59 Å². The van der Waals surface area contributed by atoms with Crippen LogP contribution in [-0.2, 0) is 26.9 Å². The van der Waals surface area contributed by atoms with Gasteiger partial charge in [-0.1, -0.05) is 20.8 Å². The quantitative estimate of drug-likeness (QED) is 0.613. The standard InChI is InChI=1S/C20H37N3O5Si/c1-14-12-15(13-16(17(24)25)21-18(26)28-19(2,3)4)22-23(14)10-11-27-29(8,9)20(5,6)7/h12,16H,10-11,13H2,1-9H3,(H,21,26)(H,24,25). The van der Waals surface area contributed by atoms with Crippen molar-refractivity contribution in [1.29, 1.82) is 0 Å². The normalized spacial score (nSPS) is 13.8. The number of hydrogen-bond donors (Lipinski definition) is 2. The van der Waals surface area contributed by atoms with Gasteiger partial charge in [-0.05, 0) is 51.9 Å². The zero-order chi connectivity index (χ0) is 22.6. The number of alkyl carbamates (subject to hydrolysis) is 1. The molecular formula is C20H37N3O5Si. The van der Waals surface area contributed by atoms with E-state index >= 15 is 0 Å². The predicted octanol–water partition coefficient (Wildman–Crippen LogP) is 3.73. The van der Waals surface area contributed by atoms with Crippen LogP contribution in [-0.4, -0.2) is 53.5 Å². The molecule has 1 heterocycles. The molecule has 0 radical (unpaired) electrons. The van der Waals surface area contributed by atoms with Crippen LogP contribution in [0.3, 0.4) is 0 Å². The molecule has 0 aliphatic rings. The largest absolute Gasteiger partial charge is 0.480 e. The summed E-state index contributed by atoms with van der Waals surface area (Å²) >= 11 is 0. The number of ether oxygens (including phenoxy) is 1. The van der Waals surface area contributed by atoms with Gasteiger partial charge in [-0.3, -0.25) is 4.68 Å². The molecule has 1 unspecified atom stereocenters. The number of carboxylic acids is 1. The lowest BCUT2D eigenvalue weighted by atomic mass is 10.1. The maximum absolute atomic E-state index is 11.9. The van der Waals surface area contributed by atoms with Crippen LogP contribution in [0.15, 0.2) is 6.07 Å². The first-order valence-electron chi connectivity index (χ1n) is 9.91. The molecule has 9 heteroatoms. The molecule has 1 aromatic heterocycles. The van der Waals surface area contributed by atoms with Gasteiger partial charge in [0.15, 0.2) is 8.32 Å². The van der Waals surface area contributed by atoms with Crippen molar-refractivity contribution in [3.8, 4) is 0 Å². The number of nitrogens with one attached hydrogen (secondary N) is 1. The fourth-order valence-electron chi connectivity index (χ4n) is 2.37. The van der Waals surface area contributed by atoms with E-state index in [0.29, 0.717) is 18.8 Å². The number of rotatable bonds is 8. The second kappa shape index (κ2) is 9.29. The van der Waals surface area contributed by atoms with Gasteiger partial charge >= 0.3 is 12.1 Å². The third kappa shape index (κ3) is 8.18. The smallest absolute Gasteiger partial charge is 0.408 e. The molecule has 0 aliphatic carbocycles. The highest BCUT2D eigenvalue weighted by molar-refractivity contribution is 6.74. The van der Waals surface area contributed by atoms with E-state index in [-0.39, 0.29) is 11.5 Å². The van der Waals surface area contributed by atoms with Gasteiger partial charge in [-0.15, -0.1) is 0 Å². The molecule has 0 bridgehead atoms. The summed E-state index contributed by atoms with van der Waals surface area (Å²) in [5.74, 6) is -1.13. The summed E-state index contributed by atoms with van der Waals surface area (Å²) < 4.78 is 13.2. The monoisotopic (exact) mass is 427 g/mol. The molecule has 2 N–H and O–H groups in total. The van der Waals surface area contributed by atoms with Gasteiger partial charge in [0.1, 0.15) is 11.6 Å². The van der Waals surface area contributed by atoms with Crippen molar-refractivity contribution in [2.45, 2.75) is 91.2 Å². The van der Waals surface area contributed by atoms with Gasteiger partial charge in [0, 0.05) is 12.1 Å². The Kier molecular flexibility index (Phi) is 8.07. The van der Waals surface area contributed by atoms with Crippen LogP contribution >= 0.6 is 0 Å². The molecule has 1 rings (SSSR count). The molecule has 0 spiro atoms. The first kappa shape index (κ1) is 25.2. The molecule has 1 aromatic rings. The maximum Gasteiger partial charge on any atom is 0.408 e. The molecular weight excluding hydrogens is 390 g/mol. The van der Waals surface area contributed by atoms with E-state index in [1.807, 2.05) is 17.7 Å². The average Bonchev–Trinajstić information content (AvgIpc) is 2.83. The molecule has 0 saturated carbocycles. The third-order valence-electron chi connectivity index (χ3n) is 5.01. The predicted molar refractivity (Wildman–Crippen MR) is 115 cm³/mol. The zero-order valence-corrected chi connectivity index (χ0v) is 20.3. The van der Waals surface area contributed by atoms with Gasteiger partial charge in [0.25, 0.3) is 0 Å². The molecule has 0 aromatic carbocycles. The summed E-state index contributed by atoms with van der Waals surface area (Å²) in [7, 11) is -1.83. The number of nitrogens with zero attached hydrogens (tertiary/aromatic N) is 2. The maximum atomic E-state index is 11.9. The molecule has 166 valence electrons. The molecule has 0 saturated heterocycles. The first-order valence-corrected chi connectivity index (χ1v) is 12.8. The summed E-state index contributed by atoms with van der Waals surface area (Å²) in [4.78, 5) is 23.5. The minimum absolute atomic E-state index is 0.0749. The van der Waals surface area contributed by atoms with E-state index in [0.717, 1.165) is 5.69 Å². The Morgan fingerprint density at radius 3 is 2.31 bits per heavy atom. The van der Waals surface area contributed by atoms with E-state index in [9.17, 15) is 14.7 Å². The van der Waals surface area contributed by atoms with Crippen LogP contribution in [0.25, 0.3) is 0 Å². The Morgan fingerprint density at radius 1 is 1.24 bits per heavy atom. The van der Waals surface area contributed by atoms with Crippen molar-refractivity contribution in [1.82, 2.24) is 15.1 Å². The molecule has 1 atom stereocenters. The Bertz CT molecular complexity index is 717. The first-order chi connectivity index (χ1) is 13.0. The lowest BCUT2D eigenvalue weighted by Crippen LogP contribution is -2.44. The van der Waals surface area contributed by atoms with Crippen LogP contribution in [0.1, 0.15) is 52.9 Å². The third-order valence-corrected chi connectivity index (χ3v) is 9.54. The molecule has 8 nitrogen and oxygen atoms in total. The van der Waals surface area contributed by atoms with Gasteiger partial charge in [0.05, 0.1) is 18.8 Å². The highest BCUT2D eigenvalue weighted by Gasteiger charge is 2.37. The number of aryl methyl sites for hydroxylation is 1. The fraction of sp³-hybridized carbons (Fsp3) is 0.750. The van der Waals surface area contributed by atoms with Crippen molar-refractivity contribution in [2.24, 2.45) is 0 Å². The highest BCUT2D eigenvalue weighted by atomic mass is 28.4. The van der Waals surface area contributed by atoms with Gasteiger partial charge in [0.2, 0.25) is 0 Å². The van der Waals surface area contributed by atoms with Gasteiger partial charge < -0.3 is 19.6 Å². The summed E-state index contributed by atoms with van der Waals surface area (Å²) in [5, 5.41) is 16.5. The number of hydrogen-bond acceptors (Lipinski definition) is 5. The van der Waals surface area contributed by atoms with E-state index in [2.05, 4.69) is 44.3 Å². The lowest BCUT2D eigenvalue weighted by Gasteiger charge is -2.36. The highest BCUT2D eigenvalue weighted by Crippen LogP contribution is 2.36.